The lowest BCUT2D eigenvalue weighted by Crippen LogP contribution is -2.61. The molecule has 1 amide bonds. The van der Waals surface area contributed by atoms with Crippen LogP contribution in [-0.2, 0) is 4.79 Å². The van der Waals surface area contributed by atoms with Crippen LogP contribution in [0.3, 0.4) is 0 Å². The molecule has 2 aromatic rings. The highest BCUT2D eigenvalue weighted by molar-refractivity contribution is 5.85. The van der Waals surface area contributed by atoms with Gasteiger partial charge in [-0.1, -0.05) is 0 Å². The molecule has 2 N–H and O–H groups in total. The number of aliphatic hydroxyl groups is 1. The Balaban J connectivity index is 1.62. The van der Waals surface area contributed by atoms with E-state index in [-0.39, 0.29) is 5.91 Å². The van der Waals surface area contributed by atoms with Gasteiger partial charge in [-0.2, -0.15) is 0 Å². The number of anilines is 1. The molecule has 28 heavy (non-hydrogen) atoms. The number of nitrogens with zero attached hydrogens (tertiary/aromatic N) is 4. The predicted octanol–water partition coefficient (Wildman–Crippen LogP) is 1.75. The summed E-state index contributed by atoms with van der Waals surface area (Å²) >= 11 is 0. The van der Waals surface area contributed by atoms with Crippen LogP contribution in [0, 0.1) is 19.3 Å². The average molecular weight is 383 g/mol. The van der Waals surface area contributed by atoms with Crippen LogP contribution in [-0.4, -0.2) is 51.7 Å². The van der Waals surface area contributed by atoms with Gasteiger partial charge in [-0.15, -0.1) is 0 Å². The normalized spacial score (nSPS) is 24.9. The van der Waals surface area contributed by atoms with Crippen molar-refractivity contribution in [2.24, 2.45) is 5.41 Å². The van der Waals surface area contributed by atoms with Crippen molar-refractivity contribution in [3.8, 4) is 11.6 Å². The third kappa shape index (κ3) is 3.17. The van der Waals surface area contributed by atoms with Gasteiger partial charge in [0.25, 0.3) is 0 Å². The van der Waals surface area contributed by atoms with E-state index in [0.717, 1.165) is 23.5 Å². The maximum Gasteiger partial charge on any atom is 0.230 e. The number of hydrogen-bond acceptors (Lipinski definition) is 7. The summed E-state index contributed by atoms with van der Waals surface area (Å²) in [6.07, 6.45) is 4.62. The van der Waals surface area contributed by atoms with Gasteiger partial charge in [0.05, 0.1) is 22.8 Å². The van der Waals surface area contributed by atoms with Crippen LogP contribution < -0.4 is 15.0 Å². The summed E-state index contributed by atoms with van der Waals surface area (Å²) in [5.41, 5.74) is 0.795. The summed E-state index contributed by atoms with van der Waals surface area (Å²) in [6.45, 7) is 5.52. The van der Waals surface area contributed by atoms with Crippen LogP contribution >= 0.6 is 0 Å². The zero-order chi connectivity index (χ0) is 19.7. The fourth-order valence-electron chi connectivity index (χ4n) is 4.15. The molecule has 0 unspecified atom stereocenters. The standard InChI is InChI=1S/C20H25N5O3/c1-13-17(23-12-24-18(13)28-15-5-3-8-21-14(15)2)25-10-6-16(26)20(11-25)7-4-9-22-19(20)27/h3,5,8,12,16,26H,4,6-7,9-11H2,1-2H3,(H,22,27)/t16-,20-/m1/s1. The van der Waals surface area contributed by atoms with E-state index in [0.29, 0.717) is 44.1 Å². The molecule has 0 aliphatic carbocycles. The molecule has 0 saturated carbocycles. The van der Waals surface area contributed by atoms with Crippen LogP contribution in [0.1, 0.15) is 30.5 Å². The van der Waals surface area contributed by atoms with E-state index in [9.17, 15) is 9.90 Å². The molecule has 0 radical (unpaired) electrons. The lowest BCUT2D eigenvalue weighted by atomic mass is 9.71. The second-order valence-electron chi connectivity index (χ2n) is 7.56. The van der Waals surface area contributed by atoms with Crippen LogP contribution in [0.15, 0.2) is 24.7 Å². The Labute approximate surface area is 164 Å². The van der Waals surface area contributed by atoms with E-state index < -0.39 is 11.5 Å². The van der Waals surface area contributed by atoms with E-state index in [4.69, 9.17) is 4.74 Å². The summed E-state index contributed by atoms with van der Waals surface area (Å²) in [6, 6.07) is 3.67. The number of aliphatic hydroxyl groups excluding tert-OH is 1. The molecule has 1 spiro atoms. The monoisotopic (exact) mass is 383 g/mol. The van der Waals surface area contributed by atoms with Crippen molar-refractivity contribution >= 4 is 11.7 Å². The van der Waals surface area contributed by atoms with Gasteiger partial charge in [0, 0.05) is 25.8 Å². The van der Waals surface area contributed by atoms with Crippen molar-refractivity contribution in [1.82, 2.24) is 20.3 Å². The molecule has 2 aliphatic rings. The second-order valence-corrected chi connectivity index (χ2v) is 7.56. The smallest absolute Gasteiger partial charge is 0.230 e. The number of carbonyl (C=O) groups excluding carboxylic acids is 1. The molecule has 2 aromatic heterocycles. The molecule has 8 heteroatoms. The SMILES string of the molecule is Cc1ncccc1Oc1ncnc(N2CC[C@@H](O)[C@@]3(CCCNC3=O)C2)c1C. The Bertz CT molecular complexity index is 890. The second kappa shape index (κ2) is 7.35. The minimum atomic E-state index is -0.783. The van der Waals surface area contributed by atoms with Crippen LogP contribution in [0.2, 0.25) is 0 Å². The summed E-state index contributed by atoms with van der Waals surface area (Å²) < 4.78 is 5.98. The van der Waals surface area contributed by atoms with Gasteiger partial charge in [0.2, 0.25) is 11.8 Å². The Morgan fingerprint density at radius 2 is 2.18 bits per heavy atom. The van der Waals surface area contributed by atoms with Gasteiger partial charge in [-0.25, -0.2) is 9.97 Å². The number of amides is 1. The average Bonchev–Trinajstić information content (AvgIpc) is 2.69. The van der Waals surface area contributed by atoms with Crippen molar-refractivity contribution < 1.29 is 14.6 Å². The molecule has 148 valence electrons. The minimum Gasteiger partial charge on any atom is -0.437 e. The fourth-order valence-corrected chi connectivity index (χ4v) is 4.15. The number of pyridine rings is 1. The number of ether oxygens (including phenoxy) is 1. The third-order valence-corrected chi connectivity index (χ3v) is 5.80. The Morgan fingerprint density at radius 3 is 2.96 bits per heavy atom. The lowest BCUT2D eigenvalue weighted by molar-refractivity contribution is -0.142. The van der Waals surface area contributed by atoms with Gasteiger partial charge >= 0.3 is 0 Å². The number of carbonyl (C=O) groups is 1. The summed E-state index contributed by atoms with van der Waals surface area (Å²) in [7, 11) is 0. The van der Waals surface area contributed by atoms with Gasteiger partial charge in [-0.05, 0) is 45.2 Å². The van der Waals surface area contributed by atoms with E-state index in [1.807, 2.05) is 26.0 Å². The van der Waals surface area contributed by atoms with Gasteiger partial charge in [-0.3, -0.25) is 9.78 Å². The maximum absolute atomic E-state index is 12.6. The molecule has 8 nitrogen and oxygen atoms in total. The van der Waals surface area contributed by atoms with E-state index in [2.05, 4.69) is 25.2 Å². The van der Waals surface area contributed by atoms with Crippen molar-refractivity contribution in [3.05, 3.63) is 35.9 Å². The molecule has 2 saturated heterocycles. The largest absolute Gasteiger partial charge is 0.437 e. The summed E-state index contributed by atoms with van der Waals surface area (Å²) in [5.74, 6) is 1.78. The molecule has 0 aromatic carbocycles. The number of aryl methyl sites for hydroxylation is 1. The van der Waals surface area contributed by atoms with Gasteiger partial charge in [0.15, 0.2) is 5.75 Å². The first-order valence-electron chi connectivity index (χ1n) is 9.63. The molecule has 4 heterocycles. The van der Waals surface area contributed by atoms with Crippen LogP contribution in [0.25, 0.3) is 0 Å². The quantitative estimate of drug-likeness (QED) is 0.833. The zero-order valence-corrected chi connectivity index (χ0v) is 16.2. The molecule has 2 aliphatic heterocycles. The van der Waals surface area contributed by atoms with E-state index in [1.165, 1.54) is 6.33 Å². The maximum atomic E-state index is 12.6. The highest BCUT2D eigenvalue weighted by atomic mass is 16.5. The number of piperidine rings is 2. The highest BCUT2D eigenvalue weighted by Crippen LogP contribution is 2.40. The fraction of sp³-hybridized carbons (Fsp3) is 0.500. The first-order chi connectivity index (χ1) is 13.5. The Kier molecular flexibility index (Phi) is 4.89. The van der Waals surface area contributed by atoms with Crippen molar-refractivity contribution in [3.63, 3.8) is 0 Å². The molecule has 0 bridgehead atoms. The first-order valence-corrected chi connectivity index (χ1v) is 9.63. The molecular weight excluding hydrogens is 358 g/mol. The molecule has 4 rings (SSSR count). The Morgan fingerprint density at radius 1 is 1.32 bits per heavy atom. The lowest BCUT2D eigenvalue weighted by Gasteiger charge is -2.47. The predicted molar refractivity (Wildman–Crippen MR) is 103 cm³/mol. The zero-order valence-electron chi connectivity index (χ0n) is 16.2. The first kappa shape index (κ1) is 18.6. The topological polar surface area (TPSA) is 100 Å². The van der Waals surface area contributed by atoms with Crippen LogP contribution in [0.4, 0.5) is 5.82 Å². The van der Waals surface area contributed by atoms with Crippen LogP contribution in [0.5, 0.6) is 11.6 Å². The minimum absolute atomic E-state index is 0.0647. The third-order valence-electron chi connectivity index (χ3n) is 5.80. The summed E-state index contributed by atoms with van der Waals surface area (Å²) in [5, 5.41) is 13.5. The number of nitrogens with one attached hydrogen (secondary N) is 1. The van der Waals surface area contributed by atoms with E-state index in [1.54, 1.807) is 6.20 Å². The molecule has 2 fully saturated rings. The van der Waals surface area contributed by atoms with E-state index >= 15 is 0 Å². The number of aromatic nitrogens is 3. The van der Waals surface area contributed by atoms with Gasteiger partial charge in [0.1, 0.15) is 12.1 Å². The van der Waals surface area contributed by atoms with Crippen molar-refractivity contribution in [2.45, 2.75) is 39.2 Å². The van der Waals surface area contributed by atoms with Crippen molar-refractivity contribution in [2.75, 3.05) is 24.5 Å². The highest BCUT2D eigenvalue weighted by Gasteiger charge is 2.50. The molecular formula is C20H25N5O3. The summed E-state index contributed by atoms with van der Waals surface area (Å²) in [4.78, 5) is 27.7. The number of hydrogen-bond donors (Lipinski definition) is 2. The van der Waals surface area contributed by atoms with Crippen molar-refractivity contribution in [1.29, 1.82) is 0 Å². The number of rotatable bonds is 3. The Hall–Kier alpha value is -2.74. The molecule has 2 atom stereocenters. The van der Waals surface area contributed by atoms with Gasteiger partial charge < -0.3 is 20.1 Å².